The smallest absolute Gasteiger partial charge is 0.257 e. The lowest BCUT2D eigenvalue weighted by Crippen LogP contribution is -2.43. The molecule has 104 valence electrons. The highest BCUT2D eigenvalue weighted by Crippen LogP contribution is 2.64. The molecule has 1 heterocycles. The minimum Gasteiger partial charge on any atom is -0.330 e. The molecule has 0 aromatic heterocycles. The van der Waals surface area contributed by atoms with Gasteiger partial charge in [-0.1, -0.05) is 30.3 Å². The van der Waals surface area contributed by atoms with Crippen LogP contribution in [0.15, 0.2) is 30.3 Å². The van der Waals surface area contributed by atoms with Crippen molar-refractivity contribution in [1.29, 1.82) is 0 Å². The first-order valence-electron chi connectivity index (χ1n) is 6.95. The summed E-state index contributed by atoms with van der Waals surface area (Å²) < 4.78 is 27.4. The van der Waals surface area contributed by atoms with Crippen molar-refractivity contribution in [3.8, 4) is 0 Å². The number of hydrogen-bond acceptors (Lipinski definition) is 2. The third-order valence-corrected chi connectivity index (χ3v) is 4.74. The molecule has 4 heteroatoms. The molecule has 1 aromatic rings. The van der Waals surface area contributed by atoms with Crippen LogP contribution in [0.4, 0.5) is 8.78 Å². The number of nitrogens with zero attached hydrogens (tertiary/aromatic N) is 1. The molecule has 2 nitrogen and oxygen atoms in total. The van der Waals surface area contributed by atoms with Gasteiger partial charge in [0.15, 0.2) is 0 Å². The number of nitrogens with two attached hydrogens (primary N) is 1. The van der Waals surface area contributed by atoms with Gasteiger partial charge in [-0.3, -0.25) is 4.90 Å². The van der Waals surface area contributed by atoms with Crippen molar-refractivity contribution in [3.63, 3.8) is 0 Å². The predicted molar refractivity (Wildman–Crippen MR) is 70.9 cm³/mol. The van der Waals surface area contributed by atoms with Gasteiger partial charge in [-0.25, -0.2) is 8.78 Å². The molecular formula is C15H20F2N2. The molecule has 2 atom stereocenters. The van der Waals surface area contributed by atoms with Crippen molar-refractivity contribution in [2.75, 3.05) is 13.1 Å². The number of benzene rings is 1. The van der Waals surface area contributed by atoms with Gasteiger partial charge in [0.25, 0.3) is 5.92 Å². The zero-order valence-corrected chi connectivity index (χ0v) is 11.0. The molecule has 3 rings (SSSR count). The Morgan fingerprint density at radius 3 is 2.53 bits per heavy atom. The molecule has 0 radical (unpaired) electrons. The van der Waals surface area contributed by atoms with Crippen molar-refractivity contribution in [2.24, 2.45) is 11.1 Å². The van der Waals surface area contributed by atoms with Gasteiger partial charge in [-0.2, -0.15) is 0 Å². The molecule has 1 aliphatic carbocycles. The highest BCUT2D eigenvalue weighted by molar-refractivity contribution is 5.20. The molecule has 1 saturated heterocycles. The molecular weight excluding hydrogens is 246 g/mol. The lowest BCUT2D eigenvalue weighted by atomic mass is 9.93. The predicted octanol–water partition coefficient (Wildman–Crippen LogP) is 2.64. The second-order valence-corrected chi connectivity index (χ2v) is 5.86. The molecule has 19 heavy (non-hydrogen) atoms. The van der Waals surface area contributed by atoms with Crippen LogP contribution in [0.2, 0.25) is 0 Å². The Balaban J connectivity index is 1.76. The number of hydrogen-bond donors (Lipinski definition) is 1. The Morgan fingerprint density at radius 1 is 1.26 bits per heavy atom. The van der Waals surface area contributed by atoms with Crippen molar-refractivity contribution < 1.29 is 8.78 Å². The van der Waals surface area contributed by atoms with E-state index in [1.54, 1.807) is 0 Å². The number of rotatable bonds is 4. The first-order valence-corrected chi connectivity index (χ1v) is 6.95. The Bertz CT molecular complexity index is 449. The molecule has 2 N–H and O–H groups in total. The van der Waals surface area contributed by atoms with E-state index in [0.29, 0.717) is 0 Å². The van der Waals surface area contributed by atoms with Crippen LogP contribution in [-0.4, -0.2) is 30.0 Å². The van der Waals surface area contributed by atoms with Crippen molar-refractivity contribution in [1.82, 2.24) is 4.90 Å². The summed E-state index contributed by atoms with van der Waals surface area (Å²) in [6.07, 6.45) is 1.81. The monoisotopic (exact) mass is 266 g/mol. The zero-order chi connectivity index (χ0) is 13.5. The molecule has 1 saturated carbocycles. The zero-order valence-electron chi connectivity index (χ0n) is 11.0. The quantitative estimate of drug-likeness (QED) is 0.907. The Hall–Kier alpha value is -1.00. The van der Waals surface area contributed by atoms with Crippen LogP contribution in [0.25, 0.3) is 0 Å². The van der Waals surface area contributed by atoms with Crippen molar-refractivity contribution >= 4 is 0 Å². The Kier molecular flexibility index (Phi) is 3.10. The molecule has 0 spiro atoms. The fourth-order valence-corrected chi connectivity index (χ4v) is 3.53. The van der Waals surface area contributed by atoms with Crippen molar-refractivity contribution in [2.45, 2.75) is 37.8 Å². The summed E-state index contributed by atoms with van der Waals surface area (Å²) >= 11 is 0. The van der Waals surface area contributed by atoms with Crippen molar-refractivity contribution in [3.05, 3.63) is 35.9 Å². The maximum Gasteiger partial charge on any atom is 0.257 e. The van der Waals surface area contributed by atoms with E-state index >= 15 is 0 Å². The van der Waals surface area contributed by atoms with Gasteiger partial charge < -0.3 is 5.73 Å². The Labute approximate surface area is 112 Å². The average molecular weight is 266 g/mol. The molecule has 1 aromatic carbocycles. The summed E-state index contributed by atoms with van der Waals surface area (Å²) in [5, 5.41) is 0. The second kappa shape index (κ2) is 4.53. The standard InChI is InChI=1S/C15H20F2N2/c16-15(17)10-14(15,11-18)13-7-4-8-19(13)9-12-5-2-1-3-6-12/h1-3,5-6,13H,4,7-11,18H2. The van der Waals surface area contributed by atoms with Gasteiger partial charge in [0.2, 0.25) is 0 Å². The maximum atomic E-state index is 13.7. The van der Waals surface area contributed by atoms with Crippen LogP contribution in [0, 0.1) is 5.41 Å². The Morgan fingerprint density at radius 2 is 1.95 bits per heavy atom. The molecule has 2 fully saturated rings. The third-order valence-electron chi connectivity index (χ3n) is 4.74. The normalized spacial score (nSPS) is 33.5. The highest BCUT2D eigenvalue weighted by Gasteiger charge is 2.74. The minimum atomic E-state index is -2.56. The average Bonchev–Trinajstić information content (AvgIpc) is 2.73. The fourth-order valence-electron chi connectivity index (χ4n) is 3.53. The number of halogens is 2. The van der Waals surface area contributed by atoms with Crippen LogP contribution < -0.4 is 5.73 Å². The van der Waals surface area contributed by atoms with E-state index in [-0.39, 0.29) is 19.0 Å². The van der Waals surface area contributed by atoms with Gasteiger partial charge in [-0.05, 0) is 24.9 Å². The minimum absolute atomic E-state index is 0.0353. The summed E-state index contributed by atoms with van der Waals surface area (Å²) in [6, 6.07) is 10.00. The third kappa shape index (κ3) is 2.07. The summed E-state index contributed by atoms with van der Waals surface area (Å²) in [7, 11) is 0. The summed E-state index contributed by atoms with van der Waals surface area (Å²) in [5.41, 5.74) is 5.90. The fraction of sp³-hybridized carbons (Fsp3) is 0.600. The van der Waals surface area contributed by atoms with Gasteiger partial charge in [-0.15, -0.1) is 0 Å². The van der Waals surface area contributed by atoms with Gasteiger partial charge in [0.1, 0.15) is 0 Å². The van der Waals surface area contributed by atoms with E-state index in [1.165, 1.54) is 5.56 Å². The largest absolute Gasteiger partial charge is 0.330 e. The molecule has 0 amide bonds. The van der Waals surface area contributed by atoms with Crippen LogP contribution in [0.3, 0.4) is 0 Å². The molecule has 2 aliphatic rings. The lowest BCUT2D eigenvalue weighted by molar-refractivity contribution is 0.0270. The first kappa shape index (κ1) is 13.0. The summed E-state index contributed by atoms with van der Waals surface area (Å²) in [4.78, 5) is 2.20. The van der Waals surface area contributed by atoms with E-state index in [1.807, 2.05) is 18.2 Å². The van der Waals surface area contributed by atoms with Crippen LogP contribution in [0.1, 0.15) is 24.8 Å². The van der Waals surface area contributed by atoms with Gasteiger partial charge >= 0.3 is 0 Å². The van der Waals surface area contributed by atoms with E-state index in [2.05, 4.69) is 17.0 Å². The van der Waals surface area contributed by atoms with Crippen LogP contribution in [-0.2, 0) is 6.54 Å². The van der Waals surface area contributed by atoms with E-state index in [9.17, 15) is 8.78 Å². The van der Waals surface area contributed by atoms with Crippen LogP contribution >= 0.6 is 0 Å². The SMILES string of the molecule is NCC1(C2CCCN2Cc2ccccc2)CC1(F)F. The second-order valence-electron chi connectivity index (χ2n) is 5.86. The van der Waals surface area contributed by atoms with E-state index in [4.69, 9.17) is 5.73 Å². The molecule has 1 aliphatic heterocycles. The molecule has 0 bridgehead atoms. The maximum absolute atomic E-state index is 13.7. The van der Waals surface area contributed by atoms with Gasteiger partial charge in [0.05, 0.1) is 5.41 Å². The lowest BCUT2D eigenvalue weighted by Gasteiger charge is -2.31. The molecule has 2 unspecified atom stereocenters. The summed E-state index contributed by atoms with van der Waals surface area (Å²) in [5.74, 6) is -2.56. The number of likely N-dealkylation sites (tertiary alicyclic amines) is 1. The number of alkyl halides is 2. The van der Waals surface area contributed by atoms with Crippen LogP contribution in [0.5, 0.6) is 0 Å². The topological polar surface area (TPSA) is 29.3 Å². The first-order chi connectivity index (χ1) is 9.09. The van der Waals surface area contributed by atoms with E-state index in [0.717, 1.165) is 25.9 Å². The summed E-state index contributed by atoms with van der Waals surface area (Å²) in [6.45, 7) is 1.75. The van der Waals surface area contributed by atoms with Gasteiger partial charge in [0, 0.05) is 25.6 Å². The highest BCUT2D eigenvalue weighted by atomic mass is 19.3. The van der Waals surface area contributed by atoms with E-state index < -0.39 is 11.3 Å².